The van der Waals surface area contributed by atoms with Crippen molar-refractivity contribution in [2.75, 3.05) is 20.2 Å². The van der Waals surface area contributed by atoms with Gasteiger partial charge >= 0.3 is 0 Å². The first-order valence-electron chi connectivity index (χ1n) is 7.22. The number of rotatable bonds is 4. The molecule has 0 saturated carbocycles. The van der Waals surface area contributed by atoms with Gasteiger partial charge in [-0.1, -0.05) is 12.8 Å². The van der Waals surface area contributed by atoms with Crippen molar-refractivity contribution in [1.82, 2.24) is 4.90 Å². The summed E-state index contributed by atoms with van der Waals surface area (Å²) >= 11 is 0. The normalized spacial score (nSPS) is 20.4. The zero-order valence-electron chi connectivity index (χ0n) is 12.2. The topological polar surface area (TPSA) is 29.5 Å². The summed E-state index contributed by atoms with van der Waals surface area (Å²) in [6.07, 6.45) is 4.72. The van der Waals surface area contributed by atoms with Crippen LogP contribution in [-0.2, 0) is 0 Å². The summed E-state index contributed by atoms with van der Waals surface area (Å²) in [5, 5.41) is 0. The third-order valence-corrected chi connectivity index (χ3v) is 4.01. The molecule has 0 aliphatic carbocycles. The quantitative estimate of drug-likeness (QED) is 0.792. The lowest BCUT2D eigenvalue weighted by Gasteiger charge is -2.26. The second-order valence-corrected chi connectivity index (χ2v) is 5.44. The molecule has 1 atom stereocenters. The zero-order valence-corrected chi connectivity index (χ0v) is 12.2. The van der Waals surface area contributed by atoms with Crippen LogP contribution in [0.5, 0.6) is 5.75 Å². The molecule has 0 spiro atoms. The van der Waals surface area contributed by atoms with Gasteiger partial charge in [0.25, 0.3) is 0 Å². The van der Waals surface area contributed by atoms with E-state index < -0.39 is 5.82 Å². The van der Waals surface area contributed by atoms with Gasteiger partial charge < -0.3 is 4.74 Å². The first-order valence-corrected chi connectivity index (χ1v) is 7.22. The third kappa shape index (κ3) is 3.57. The highest BCUT2D eigenvalue weighted by Crippen LogP contribution is 2.20. The van der Waals surface area contributed by atoms with Gasteiger partial charge in [-0.2, -0.15) is 0 Å². The van der Waals surface area contributed by atoms with E-state index in [2.05, 4.69) is 11.8 Å². The fraction of sp³-hybridized carbons (Fsp3) is 0.562. The Morgan fingerprint density at radius 1 is 1.40 bits per heavy atom. The molecule has 0 aromatic heterocycles. The molecular weight excluding hydrogens is 257 g/mol. The highest BCUT2D eigenvalue weighted by Gasteiger charge is 2.20. The van der Waals surface area contributed by atoms with Crippen molar-refractivity contribution in [3.63, 3.8) is 0 Å². The fourth-order valence-corrected chi connectivity index (χ4v) is 2.68. The molecule has 20 heavy (non-hydrogen) atoms. The monoisotopic (exact) mass is 279 g/mol. The molecule has 1 aliphatic heterocycles. The number of methoxy groups -OCH3 is 1. The summed E-state index contributed by atoms with van der Waals surface area (Å²) in [5.74, 6) is -0.341. The number of likely N-dealkylation sites (tertiary alicyclic amines) is 1. The molecule has 110 valence electrons. The predicted octanol–water partition coefficient (Wildman–Crippen LogP) is 3.28. The Morgan fingerprint density at radius 3 is 2.90 bits per heavy atom. The zero-order chi connectivity index (χ0) is 14.5. The Labute approximate surface area is 119 Å². The van der Waals surface area contributed by atoms with E-state index in [-0.39, 0.29) is 11.5 Å². The highest BCUT2D eigenvalue weighted by molar-refractivity contribution is 5.97. The van der Waals surface area contributed by atoms with Gasteiger partial charge in [-0.25, -0.2) is 4.39 Å². The van der Waals surface area contributed by atoms with Crippen LogP contribution < -0.4 is 4.74 Å². The van der Waals surface area contributed by atoms with Gasteiger partial charge in [0, 0.05) is 11.6 Å². The molecule has 0 N–H and O–H groups in total. The van der Waals surface area contributed by atoms with Crippen molar-refractivity contribution in [3.8, 4) is 5.75 Å². The minimum Gasteiger partial charge on any atom is -0.494 e. The molecule has 1 heterocycles. The van der Waals surface area contributed by atoms with Gasteiger partial charge in [0.05, 0.1) is 13.7 Å². The Bertz CT molecular complexity index is 476. The minimum absolute atomic E-state index is 0.0275. The molecule has 1 aromatic rings. The van der Waals surface area contributed by atoms with Gasteiger partial charge in [0.2, 0.25) is 0 Å². The van der Waals surface area contributed by atoms with Crippen LogP contribution in [0.15, 0.2) is 18.2 Å². The van der Waals surface area contributed by atoms with Gasteiger partial charge in [-0.05, 0) is 44.5 Å². The number of nitrogens with zero attached hydrogens (tertiary/aromatic N) is 1. The van der Waals surface area contributed by atoms with Crippen molar-refractivity contribution >= 4 is 5.78 Å². The first-order chi connectivity index (χ1) is 9.61. The Morgan fingerprint density at radius 2 is 2.20 bits per heavy atom. The van der Waals surface area contributed by atoms with Gasteiger partial charge in [0.15, 0.2) is 17.3 Å². The van der Waals surface area contributed by atoms with E-state index in [4.69, 9.17) is 4.74 Å². The summed E-state index contributed by atoms with van der Waals surface area (Å²) in [5.41, 5.74) is 0.416. The number of carbonyl (C=O) groups excluding carboxylic acids is 1. The molecule has 0 radical (unpaired) electrons. The molecule has 1 aliphatic rings. The van der Waals surface area contributed by atoms with Gasteiger partial charge in [-0.3, -0.25) is 9.69 Å². The maximum Gasteiger partial charge on any atom is 0.176 e. The second kappa shape index (κ2) is 6.84. The molecule has 1 fully saturated rings. The maximum absolute atomic E-state index is 13.6. The van der Waals surface area contributed by atoms with Crippen molar-refractivity contribution in [3.05, 3.63) is 29.6 Å². The van der Waals surface area contributed by atoms with Crippen LogP contribution in [0.25, 0.3) is 0 Å². The number of hydrogen-bond donors (Lipinski definition) is 0. The van der Waals surface area contributed by atoms with E-state index in [1.807, 2.05) is 0 Å². The number of carbonyl (C=O) groups is 1. The lowest BCUT2D eigenvalue weighted by molar-refractivity contribution is 0.0901. The number of benzene rings is 1. The molecule has 0 bridgehead atoms. The van der Waals surface area contributed by atoms with Gasteiger partial charge in [0.1, 0.15) is 0 Å². The molecule has 2 rings (SSSR count). The molecule has 3 nitrogen and oxygen atoms in total. The number of ketones is 1. The number of Topliss-reactive ketones (excluding diaryl/α,β-unsaturated/α-hetero) is 1. The minimum atomic E-state index is -0.484. The van der Waals surface area contributed by atoms with Crippen LogP contribution in [0.1, 0.15) is 43.0 Å². The van der Waals surface area contributed by atoms with E-state index in [9.17, 15) is 9.18 Å². The van der Waals surface area contributed by atoms with E-state index in [1.165, 1.54) is 32.1 Å². The largest absolute Gasteiger partial charge is 0.494 e. The standard InChI is InChI=1S/C16H22FNO2/c1-12-6-4-3-5-9-18(12)11-15(19)13-7-8-16(20-2)14(17)10-13/h7-8,10,12H,3-6,9,11H2,1-2H3. The lowest BCUT2D eigenvalue weighted by atomic mass is 10.1. The Hall–Kier alpha value is -1.42. The van der Waals surface area contributed by atoms with E-state index in [0.717, 1.165) is 19.4 Å². The lowest BCUT2D eigenvalue weighted by Crippen LogP contribution is -2.37. The summed E-state index contributed by atoms with van der Waals surface area (Å²) in [6.45, 7) is 3.48. The number of halogens is 1. The first kappa shape index (κ1) is 15.0. The predicted molar refractivity (Wildman–Crippen MR) is 76.8 cm³/mol. The number of hydrogen-bond acceptors (Lipinski definition) is 3. The second-order valence-electron chi connectivity index (χ2n) is 5.44. The number of ether oxygens (including phenoxy) is 1. The molecule has 1 saturated heterocycles. The summed E-state index contributed by atoms with van der Waals surface area (Å²) in [4.78, 5) is 14.5. The SMILES string of the molecule is COc1ccc(C(=O)CN2CCCCCC2C)cc1F. The van der Waals surface area contributed by atoms with Crippen LogP contribution in [-0.4, -0.2) is 36.9 Å². The maximum atomic E-state index is 13.6. The van der Waals surface area contributed by atoms with E-state index in [1.54, 1.807) is 6.07 Å². The average molecular weight is 279 g/mol. The van der Waals surface area contributed by atoms with E-state index in [0.29, 0.717) is 18.2 Å². The van der Waals surface area contributed by atoms with Crippen LogP contribution in [0.3, 0.4) is 0 Å². The van der Waals surface area contributed by atoms with Crippen molar-refractivity contribution < 1.29 is 13.9 Å². The Kier molecular flexibility index (Phi) is 5.12. The van der Waals surface area contributed by atoms with Crippen LogP contribution in [0, 0.1) is 5.82 Å². The van der Waals surface area contributed by atoms with Crippen molar-refractivity contribution in [2.24, 2.45) is 0 Å². The molecule has 1 unspecified atom stereocenters. The van der Waals surface area contributed by atoms with Crippen LogP contribution >= 0.6 is 0 Å². The molecular formula is C16H22FNO2. The van der Waals surface area contributed by atoms with Gasteiger partial charge in [-0.15, -0.1) is 0 Å². The third-order valence-electron chi connectivity index (χ3n) is 4.01. The van der Waals surface area contributed by atoms with Crippen molar-refractivity contribution in [2.45, 2.75) is 38.6 Å². The van der Waals surface area contributed by atoms with Crippen LogP contribution in [0.2, 0.25) is 0 Å². The highest BCUT2D eigenvalue weighted by atomic mass is 19.1. The molecule has 1 aromatic carbocycles. The molecule has 4 heteroatoms. The Balaban J connectivity index is 2.05. The average Bonchev–Trinajstić information content (AvgIpc) is 2.64. The summed E-state index contributed by atoms with van der Waals surface area (Å²) < 4.78 is 18.5. The smallest absolute Gasteiger partial charge is 0.176 e. The summed E-state index contributed by atoms with van der Waals surface area (Å²) in [6, 6.07) is 4.83. The summed E-state index contributed by atoms with van der Waals surface area (Å²) in [7, 11) is 1.42. The fourth-order valence-electron chi connectivity index (χ4n) is 2.68. The van der Waals surface area contributed by atoms with Crippen LogP contribution in [0.4, 0.5) is 4.39 Å². The van der Waals surface area contributed by atoms with E-state index >= 15 is 0 Å². The van der Waals surface area contributed by atoms with Crippen molar-refractivity contribution in [1.29, 1.82) is 0 Å². The molecule has 0 amide bonds.